The summed E-state index contributed by atoms with van der Waals surface area (Å²) in [4.78, 5) is 17.8. The van der Waals surface area contributed by atoms with Gasteiger partial charge in [-0.3, -0.25) is 14.9 Å². The van der Waals surface area contributed by atoms with Gasteiger partial charge in [0.2, 0.25) is 5.88 Å². The first kappa shape index (κ1) is 22.1. The van der Waals surface area contributed by atoms with Crippen LogP contribution in [-0.2, 0) is 0 Å². The number of aromatic hydroxyl groups is 1. The van der Waals surface area contributed by atoms with Gasteiger partial charge < -0.3 is 5.11 Å². The Labute approximate surface area is 205 Å². The second-order valence-corrected chi connectivity index (χ2v) is 9.13. The second kappa shape index (κ2) is 9.63. The van der Waals surface area contributed by atoms with Crippen LogP contribution in [0.2, 0.25) is 5.02 Å². The molecule has 2 heterocycles. The van der Waals surface area contributed by atoms with Gasteiger partial charge in [0, 0.05) is 17.3 Å². The standard InChI is InChI=1S/C27H20ClN3O2S/c28-22-8-4-5-9-23(22)34-25-26(32)30-31(27(25)33)24(20-6-2-1-3-7-20)21-12-10-18(11-13-21)19-14-16-29-17-15-19/h1-17,24,33H,(H,30,32). The van der Waals surface area contributed by atoms with E-state index in [9.17, 15) is 9.90 Å². The van der Waals surface area contributed by atoms with Crippen molar-refractivity contribution < 1.29 is 5.11 Å². The normalized spacial score (nSPS) is 11.9. The van der Waals surface area contributed by atoms with Crippen LogP contribution in [0.15, 0.2) is 118 Å². The van der Waals surface area contributed by atoms with Crippen molar-refractivity contribution in [3.8, 4) is 17.0 Å². The fraction of sp³-hybridized carbons (Fsp3) is 0.0370. The Kier molecular flexibility index (Phi) is 6.25. The maximum Gasteiger partial charge on any atom is 0.282 e. The van der Waals surface area contributed by atoms with E-state index in [2.05, 4.69) is 10.1 Å². The summed E-state index contributed by atoms with van der Waals surface area (Å²) in [6.07, 6.45) is 3.52. The Morgan fingerprint density at radius 3 is 2.15 bits per heavy atom. The van der Waals surface area contributed by atoms with Gasteiger partial charge in [0.15, 0.2) is 0 Å². The van der Waals surface area contributed by atoms with Crippen LogP contribution in [0.25, 0.3) is 11.1 Å². The number of aromatic amines is 1. The fourth-order valence-electron chi connectivity index (χ4n) is 3.87. The molecule has 34 heavy (non-hydrogen) atoms. The molecule has 3 aromatic carbocycles. The van der Waals surface area contributed by atoms with E-state index in [1.54, 1.807) is 18.5 Å². The molecule has 0 amide bonds. The smallest absolute Gasteiger partial charge is 0.282 e. The van der Waals surface area contributed by atoms with E-state index in [1.165, 1.54) is 4.68 Å². The van der Waals surface area contributed by atoms with Crippen molar-refractivity contribution in [1.82, 2.24) is 14.8 Å². The van der Waals surface area contributed by atoms with Gasteiger partial charge in [-0.2, -0.15) is 0 Å². The van der Waals surface area contributed by atoms with Crippen molar-refractivity contribution in [2.24, 2.45) is 0 Å². The molecule has 1 atom stereocenters. The quantitative estimate of drug-likeness (QED) is 0.292. The highest BCUT2D eigenvalue weighted by Crippen LogP contribution is 2.38. The first-order valence-electron chi connectivity index (χ1n) is 10.6. The minimum absolute atomic E-state index is 0.137. The largest absolute Gasteiger partial charge is 0.493 e. The number of aromatic nitrogens is 3. The number of hydrogen-bond donors (Lipinski definition) is 2. The predicted molar refractivity (Wildman–Crippen MR) is 136 cm³/mol. The molecular formula is C27H20ClN3O2S. The number of nitrogens with one attached hydrogen (secondary N) is 1. The van der Waals surface area contributed by atoms with Crippen molar-refractivity contribution in [1.29, 1.82) is 0 Å². The molecule has 1 unspecified atom stereocenters. The molecule has 0 aliphatic rings. The van der Waals surface area contributed by atoms with Gasteiger partial charge >= 0.3 is 0 Å². The molecule has 7 heteroatoms. The monoisotopic (exact) mass is 485 g/mol. The molecule has 0 saturated carbocycles. The second-order valence-electron chi connectivity index (χ2n) is 7.67. The maximum absolute atomic E-state index is 12.9. The van der Waals surface area contributed by atoms with Crippen LogP contribution in [0, 0.1) is 0 Å². The zero-order valence-corrected chi connectivity index (χ0v) is 19.5. The Bertz CT molecular complexity index is 1470. The molecular weight excluding hydrogens is 466 g/mol. The first-order chi connectivity index (χ1) is 16.6. The summed E-state index contributed by atoms with van der Waals surface area (Å²) in [5.41, 5.74) is 3.58. The summed E-state index contributed by atoms with van der Waals surface area (Å²) in [7, 11) is 0. The van der Waals surface area contributed by atoms with Crippen LogP contribution < -0.4 is 5.56 Å². The van der Waals surface area contributed by atoms with Crippen LogP contribution >= 0.6 is 23.4 Å². The molecule has 0 radical (unpaired) electrons. The average Bonchev–Trinajstić information content (AvgIpc) is 3.15. The lowest BCUT2D eigenvalue weighted by Crippen LogP contribution is -2.16. The molecule has 168 valence electrons. The van der Waals surface area contributed by atoms with Crippen LogP contribution in [0.5, 0.6) is 5.88 Å². The highest BCUT2D eigenvalue weighted by atomic mass is 35.5. The summed E-state index contributed by atoms with van der Waals surface area (Å²) in [6.45, 7) is 0. The van der Waals surface area contributed by atoms with Crippen molar-refractivity contribution in [2.75, 3.05) is 0 Å². The Morgan fingerprint density at radius 1 is 0.824 bits per heavy atom. The van der Waals surface area contributed by atoms with E-state index < -0.39 is 6.04 Å². The Morgan fingerprint density at radius 2 is 1.44 bits per heavy atom. The van der Waals surface area contributed by atoms with E-state index in [0.717, 1.165) is 34.0 Å². The summed E-state index contributed by atoms with van der Waals surface area (Å²) in [6, 6.07) is 28.5. The van der Waals surface area contributed by atoms with Gasteiger partial charge in [-0.1, -0.05) is 90.1 Å². The number of nitrogens with zero attached hydrogens (tertiary/aromatic N) is 2. The van der Waals surface area contributed by atoms with Crippen molar-refractivity contribution >= 4 is 23.4 Å². The van der Waals surface area contributed by atoms with Gasteiger partial charge in [0.05, 0.1) is 5.02 Å². The zero-order valence-electron chi connectivity index (χ0n) is 17.9. The van der Waals surface area contributed by atoms with Crippen LogP contribution in [0.1, 0.15) is 17.2 Å². The first-order valence-corrected chi connectivity index (χ1v) is 11.8. The zero-order chi connectivity index (χ0) is 23.5. The molecule has 0 bridgehead atoms. The molecule has 0 fully saturated rings. The summed E-state index contributed by atoms with van der Waals surface area (Å²) in [5.74, 6) is -0.137. The summed E-state index contributed by atoms with van der Waals surface area (Å²) < 4.78 is 1.51. The minimum Gasteiger partial charge on any atom is -0.493 e. The maximum atomic E-state index is 12.9. The van der Waals surface area contributed by atoms with Gasteiger partial charge in [0.1, 0.15) is 10.9 Å². The van der Waals surface area contributed by atoms with E-state index in [4.69, 9.17) is 11.6 Å². The number of benzene rings is 3. The molecule has 5 rings (SSSR count). The third-order valence-corrected chi connectivity index (χ3v) is 7.11. The third kappa shape index (κ3) is 4.38. The highest BCUT2D eigenvalue weighted by molar-refractivity contribution is 7.99. The number of H-pyrrole nitrogens is 1. The number of rotatable bonds is 6. The van der Waals surface area contributed by atoms with Crippen molar-refractivity contribution in [2.45, 2.75) is 15.8 Å². The number of hydrogen-bond acceptors (Lipinski definition) is 4. The van der Waals surface area contributed by atoms with Crippen molar-refractivity contribution in [3.63, 3.8) is 0 Å². The lowest BCUT2D eigenvalue weighted by molar-refractivity contribution is 0.384. The van der Waals surface area contributed by atoms with Gasteiger partial charge in [0.25, 0.3) is 5.56 Å². The predicted octanol–water partition coefficient (Wildman–Crippen LogP) is 6.39. The van der Waals surface area contributed by atoms with Gasteiger partial charge in [-0.15, -0.1) is 0 Å². The Hall–Kier alpha value is -3.74. The molecule has 5 nitrogen and oxygen atoms in total. The molecule has 0 saturated heterocycles. The fourth-order valence-corrected chi connectivity index (χ4v) is 4.98. The Balaban J connectivity index is 1.58. The van der Waals surface area contributed by atoms with Crippen LogP contribution in [0.3, 0.4) is 0 Å². The summed E-state index contributed by atoms with van der Waals surface area (Å²) >= 11 is 7.42. The lowest BCUT2D eigenvalue weighted by atomic mass is 9.96. The van der Waals surface area contributed by atoms with E-state index >= 15 is 0 Å². The summed E-state index contributed by atoms with van der Waals surface area (Å²) in [5, 5.41) is 14.5. The molecule has 0 spiro atoms. The topological polar surface area (TPSA) is 70.9 Å². The molecule has 0 aliphatic carbocycles. The number of halogens is 1. The van der Waals surface area contributed by atoms with E-state index in [0.29, 0.717) is 9.92 Å². The average molecular weight is 486 g/mol. The SMILES string of the molecule is O=c1[nH]n(C(c2ccccc2)c2ccc(-c3ccncc3)cc2)c(O)c1Sc1ccccc1Cl. The van der Waals surface area contributed by atoms with Crippen molar-refractivity contribution in [3.05, 3.63) is 130 Å². The molecule has 5 aromatic rings. The lowest BCUT2D eigenvalue weighted by Gasteiger charge is -2.21. The molecule has 2 N–H and O–H groups in total. The third-order valence-electron chi connectivity index (χ3n) is 5.52. The van der Waals surface area contributed by atoms with E-state index in [1.807, 2.05) is 84.9 Å². The van der Waals surface area contributed by atoms with Crippen LogP contribution in [-0.4, -0.2) is 19.9 Å². The number of pyridine rings is 1. The molecule has 0 aliphatic heterocycles. The highest BCUT2D eigenvalue weighted by Gasteiger charge is 2.24. The molecule has 2 aromatic heterocycles. The van der Waals surface area contributed by atoms with Gasteiger partial charge in [-0.25, -0.2) is 4.68 Å². The van der Waals surface area contributed by atoms with Crippen LogP contribution in [0.4, 0.5) is 0 Å². The van der Waals surface area contributed by atoms with E-state index in [-0.39, 0.29) is 16.3 Å². The van der Waals surface area contributed by atoms with Gasteiger partial charge in [-0.05, 0) is 46.5 Å². The minimum atomic E-state index is -0.430.